The normalized spacial score (nSPS) is 15.5. The molecule has 2 N–H and O–H groups in total. The molecule has 9 aromatic carbocycles. The number of hydrogen-bond acceptors (Lipinski definition) is 4. The number of rotatable bonds is 6. The highest BCUT2D eigenvalue weighted by molar-refractivity contribution is 6.18. The zero-order chi connectivity index (χ0) is 37.7. The number of furan rings is 1. The quantitative estimate of drug-likeness (QED) is 0.167. The van der Waals surface area contributed by atoms with Crippen LogP contribution < -0.4 is 10.6 Å². The Bertz CT molecular complexity index is 3130. The number of aliphatic imine (C=N–C) groups is 1. The summed E-state index contributed by atoms with van der Waals surface area (Å²) in [5.74, 6) is 0.874. The summed E-state index contributed by atoms with van der Waals surface area (Å²) >= 11 is 0. The summed E-state index contributed by atoms with van der Waals surface area (Å²) in [4.78, 5) is 5.30. The minimum absolute atomic E-state index is 0.175. The van der Waals surface area contributed by atoms with Gasteiger partial charge in [0.15, 0.2) is 0 Å². The summed E-state index contributed by atoms with van der Waals surface area (Å²) in [5.41, 5.74) is 12.1. The number of benzene rings is 9. The van der Waals surface area contributed by atoms with Crippen LogP contribution in [0.3, 0.4) is 0 Å². The summed E-state index contributed by atoms with van der Waals surface area (Å²) in [6.45, 7) is 0. The van der Waals surface area contributed by atoms with Crippen LogP contribution in [0, 0.1) is 0 Å². The van der Waals surface area contributed by atoms with Crippen LogP contribution in [0.2, 0.25) is 0 Å². The van der Waals surface area contributed by atoms with Crippen molar-refractivity contribution in [2.24, 2.45) is 4.99 Å². The molecule has 4 nitrogen and oxygen atoms in total. The molecular weight excluding hydrogens is 695 g/mol. The van der Waals surface area contributed by atoms with Crippen molar-refractivity contribution in [3.05, 3.63) is 217 Å². The Morgan fingerprint density at radius 3 is 1.88 bits per heavy atom. The average molecular weight is 732 g/mol. The van der Waals surface area contributed by atoms with Gasteiger partial charge in [-0.15, -0.1) is 0 Å². The van der Waals surface area contributed by atoms with Crippen LogP contribution in [0.4, 0.5) is 0 Å². The Hall–Kier alpha value is -7.27. The molecule has 0 bridgehead atoms. The Balaban J connectivity index is 0.946. The smallest absolute Gasteiger partial charge is 0.136 e. The average Bonchev–Trinajstić information content (AvgIpc) is 3.68. The highest BCUT2D eigenvalue weighted by Gasteiger charge is 2.27. The molecular formula is C53H37N3O. The van der Waals surface area contributed by atoms with Crippen molar-refractivity contribution in [1.82, 2.24) is 10.6 Å². The van der Waals surface area contributed by atoms with E-state index in [4.69, 9.17) is 9.41 Å². The van der Waals surface area contributed by atoms with Gasteiger partial charge in [-0.05, 0) is 96.4 Å². The van der Waals surface area contributed by atoms with Crippen LogP contribution in [-0.4, -0.2) is 5.84 Å². The molecule has 1 aromatic heterocycles. The molecule has 57 heavy (non-hydrogen) atoms. The molecule has 0 amide bonds. The molecule has 2 unspecified atom stereocenters. The van der Waals surface area contributed by atoms with E-state index in [1.165, 1.54) is 32.7 Å². The van der Waals surface area contributed by atoms with Gasteiger partial charge in [0.2, 0.25) is 0 Å². The Kier molecular flexibility index (Phi) is 8.01. The molecule has 0 radical (unpaired) electrons. The summed E-state index contributed by atoms with van der Waals surface area (Å²) < 4.78 is 6.54. The monoisotopic (exact) mass is 731 g/mol. The van der Waals surface area contributed by atoms with Gasteiger partial charge in [0.05, 0.1) is 0 Å². The van der Waals surface area contributed by atoms with Gasteiger partial charge in [-0.2, -0.15) is 0 Å². The molecule has 1 aliphatic heterocycles. The second kappa shape index (κ2) is 13.8. The second-order valence-electron chi connectivity index (χ2n) is 14.8. The number of fused-ring (bicyclic) bond motifs is 6. The molecule has 0 fully saturated rings. The van der Waals surface area contributed by atoms with E-state index >= 15 is 0 Å². The molecule has 0 saturated carbocycles. The third-order valence-electron chi connectivity index (χ3n) is 11.4. The van der Waals surface area contributed by atoms with E-state index in [1.54, 1.807) is 0 Å². The van der Waals surface area contributed by atoms with Crippen molar-refractivity contribution in [3.63, 3.8) is 0 Å². The van der Waals surface area contributed by atoms with Gasteiger partial charge in [-0.3, -0.25) is 5.32 Å². The second-order valence-corrected chi connectivity index (χ2v) is 14.8. The van der Waals surface area contributed by atoms with Crippen LogP contribution in [0.5, 0.6) is 0 Å². The van der Waals surface area contributed by atoms with Crippen molar-refractivity contribution < 1.29 is 4.42 Å². The van der Waals surface area contributed by atoms with Crippen LogP contribution in [0.15, 0.2) is 210 Å². The summed E-state index contributed by atoms with van der Waals surface area (Å²) in [5, 5.41) is 14.7. The maximum Gasteiger partial charge on any atom is 0.136 e. The van der Waals surface area contributed by atoms with E-state index in [9.17, 15) is 0 Å². The Morgan fingerprint density at radius 2 is 1.05 bits per heavy atom. The van der Waals surface area contributed by atoms with Crippen molar-refractivity contribution in [2.45, 2.75) is 12.3 Å². The summed E-state index contributed by atoms with van der Waals surface area (Å²) in [6.07, 6.45) is -0.402. The minimum atomic E-state index is -0.228. The lowest BCUT2D eigenvalue weighted by Gasteiger charge is -2.32. The van der Waals surface area contributed by atoms with E-state index in [-0.39, 0.29) is 12.3 Å². The van der Waals surface area contributed by atoms with Gasteiger partial charge in [0.1, 0.15) is 29.3 Å². The Labute approximate surface area is 330 Å². The largest absolute Gasteiger partial charge is 0.456 e. The van der Waals surface area contributed by atoms with Crippen molar-refractivity contribution in [2.75, 3.05) is 0 Å². The van der Waals surface area contributed by atoms with Crippen LogP contribution in [0.1, 0.15) is 29.0 Å². The van der Waals surface area contributed by atoms with Crippen LogP contribution >= 0.6 is 0 Å². The van der Waals surface area contributed by atoms with E-state index < -0.39 is 0 Å². The van der Waals surface area contributed by atoms with Gasteiger partial charge in [-0.25, -0.2) is 4.99 Å². The molecule has 10 aromatic rings. The molecule has 0 saturated heterocycles. The zero-order valence-electron chi connectivity index (χ0n) is 31.1. The molecule has 11 rings (SSSR count). The van der Waals surface area contributed by atoms with Crippen LogP contribution in [0.25, 0.3) is 76.9 Å². The zero-order valence-corrected chi connectivity index (χ0v) is 31.1. The van der Waals surface area contributed by atoms with E-state index in [0.717, 1.165) is 66.7 Å². The van der Waals surface area contributed by atoms with Crippen molar-refractivity contribution >= 4 is 49.3 Å². The van der Waals surface area contributed by atoms with Gasteiger partial charge >= 0.3 is 0 Å². The van der Waals surface area contributed by atoms with Crippen LogP contribution in [-0.2, 0) is 0 Å². The fourth-order valence-electron chi connectivity index (χ4n) is 8.53. The standard InChI is InChI=1S/C53H37N3O/c1-3-13-34(14-4-1)38-18-11-19-39(31-38)40-29-30-46-49(33-40)57-48-24-12-23-43(50(46)48)35-25-27-37(28-26-35)52-54-51(36-15-5-2-6-16-36)55-53(56-52)47-32-41-17-7-8-20-42(41)44-21-9-10-22-45(44)47/h1-33,51-52,54H,(H,55,56). The topological polar surface area (TPSA) is 49.6 Å². The van der Waals surface area contributed by atoms with Crippen molar-refractivity contribution in [1.29, 1.82) is 0 Å². The SMILES string of the molecule is c1ccc(-c2cccc(-c3ccc4c(c3)oc3cccc(-c5ccc(C6NC(c7cc8ccccc8c8ccccc78)=NC(c7ccccc7)N6)cc5)c34)c2)cc1. The number of nitrogens with zero attached hydrogens (tertiary/aromatic N) is 1. The summed E-state index contributed by atoms with van der Waals surface area (Å²) in [6, 6.07) is 71.1. The minimum Gasteiger partial charge on any atom is -0.456 e. The number of nitrogens with one attached hydrogen (secondary N) is 2. The van der Waals surface area contributed by atoms with Gasteiger partial charge in [0.25, 0.3) is 0 Å². The van der Waals surface area contributed by atoms with E-state index in [1.807, 2.05) is 0 Å². The number of hydrogen-bond donors (Lipinski definition) is 2. The fourth-order valence-corrected chi connectivity index (χ4v) is 8.53. The van der Waals surface area contributed by atoms with Crippen molar-refractivity contribution in [3.8, 4) is 33.4 Å². The van der Waals surface area contributed by atoms with Gasteiger partial charge < -0.3 is 9.73 Å². The first-order chi connectivity index (χ1) is 28.2. The molecule has 2 atom stereocenters. The highest BCUT2D eigenvalue weighted by atomic mass is 16.3. The van der Waals surface area contributed by atoms with E-state index in [0.29, 0.717) is 0 Å². The lowest BCUT2D eigenvalue weighted by atomic mass is 9.95. The first-order valence-electron chi connectivity index (χ1n) is 19.5. The molecule has 4 heteroatoms. The molecule has 0 spiro atoms. The predicted molar refractivity (Wildman–Crippen MR) is 236 cm³/mol. The highest BCUT2D eigenvalue weighted by Crippen LogP contribution is 2.39. The lowest BCUT2D eigenvalue weighted by Crippen LogP contribution is -2.45. The number of amidine groups is 1. The Morgan fingerprint density at radius 1 is 0.404 bits per heavy atom. The third-order valence-corrected chi connectivity index (χ3v) is 11.4. The first kappa shape index (κ1) is 33.1. The molecule has 2 heterocycles. The summed E-state index contributed by atoms with van der Waals surface area (Å²) in [7, 11) is 0. The molecule has 270 valence electrons. The lowest BCUT2D eigenvalue weighted by molar-refractivity contribution is 0.409. The predicted octanol–water partition coefficient (Wildman–Crippen LogP) is 13.2. The molecule has 0 aliphatic carbocycles. The maximum atomic E-state index is 6.54. The first-order valence-corrected chi connectivity index (χ1v) is 19.5. The maximum absolute atomic E-state index is 6.54. The molecule has 1 aliphatic rings. The van der Waals surface area contributed by atoms with Gasteiger partial charge in [0, 0.05) is 16.3 Å². The van der Waals surface area contributed by atoms with Gasteiger partial charge in [-0.1, -0.05) is 170 Å². The van der Waals surface area contributed by atoms with E-state index in [2.05, 4.69) is 211 Å². The fraction of sp³-hybridized carbons (Fsp3) is 0.0377. The third kappa shape index (κ3) is 5.95.